The lowest BCUT2D eigenvalue weighted by Crippen LogP contribution is -2.05. The van der Waals surface area contributed by atoms with E-state index in [4.69, 9.17) is 4.74 Å². The number of hydrogen-bond donors (Lipinski definition) is 1. The minimum atomic E-state index is -2.95. The maximum Gasteiger partial charge on any atom is 0.387 e. The highest BCUT2D eigenvalue weighted by Crippen LogP contribution is 2.29. The molecule has 0 bridgehead atoms. The van der Waals surface area contributed by atoms with Crippen molar-refractivity contribution in [2.24, 2.45) is 5.10 Å². The lowest BCUT2D eigenvalue weighted by molar-refractivity contribution is -0.384. The number of nitro groups is 1. The molecular formula is C16H15F2N3O4. The Morgan fingerprint density at radius 3 is 2.76 bits per heavy atom. The summed E-state index contributed by atoms with van der Waals surface area (Å²) in [5, 5.41) is 14.7. The van der Waals surface area contributed by atoms with Gasteiger partial charge in [-0.25, -0.2) is 0 Å². The lowest BCUT2D eigenvalue weighted by atomic mass is 10.2. The van der Waals surface area contributed by atoms with Gasteiger partial charge in [0.1, 0.15) is 0 Å². The summed E-state index contributed by atoms with van der Waals surface area (Å²) >= 11 is 0. The molecule has 0 aliphatic heterocycles. The Labute approximate surface area is 142 Å². The van der Waals surface area contributed by atoms with E-state index < -0.39 is 11.5 Å². The van der Waals surface area contributed by atoms with E-state index in [1.165, 1.54) is 42.6 Å². The Kier molecular flexibility index (Phi) is 6.21. The van der Waals surface area contributed by atoms with Gasteiger partial charge in [-0.15, -0.1) is 0 Å². The highest BCUT2D eigenvalue weighted by atomic mass is 19.3. The van der Waals surface area contributed by atoms with E-state index in [9.17, 15) is 18.9 Å². The minimum absolute atomic E-state index is 0.0627. The molecule has 0 aliphatic rings. The minimum Gasteiger partial charge on any atom is -0.490 e. The van der Waals surface area contributed by atoms with Crippen molar-refractivity contribution in [3.05, 3.63) is 58.1 Å². The number of benzene rings is 2. The van der Waals surface area contributed by atoms with Crippen LogP contribution in [-0.4, -0.2) is 24.4 Å². The number of nitrogens with one attached hydrogen (secondary N) is 1. The highest BCUT2D eigenvalue weighted by Gasteiger charge is 2.11. The van der Waals surface area contributed by atoms with Crippen LogP contribution in [0.3, 0.4) is 0 Å². The number of hydrazone groups is 1. The van der Waals surface area contributed by atoms with Crippen LogP contribution >= 0.6 is 0 Å². The Morgan fingerprint density at radius 2 is 2.08 bits per heavy atom. The van der Waals surface area contributed by atoms with Crippen molar-refractivity contribution < 1.29 is 23.2 Å². The molecule has 0 saturated heterocycles. The quantitative estimate of drug-likeness (QED) is 0.441. The van der Waals surface area contributed by atoms with Gasteiger partial charge in [0.15, 0.2) is 11.5 Å². The van der Waals surface area contributed by atoms with Gasteiger partial charge in [-0.1, -0.05) is 6.07 Å². The number of nitrogens with zero attached hydrogens (tertiary/aromatic N) is 2. The number of anilines is 1. The molecule has 1 N–H and O–H groups in total. The van der Waals surface area contributed by atoms with Gasteiger partial charge in [-0.3, -0.25) is 15.5 Å². The Hall–Kier alpha value is -3.23. The van der Waals surface area contributed by atoms with Gasteiger partial charge < -0.3 is 9.47 Å². The highest BCUT2D eigenvalue weighted by molar-refractivity contribution is 5.81. The van der Waals surface area contributed by atoms with Crippen LogP contribution in [0.5, 0.6) is 11.5 Å². The molecule has 0 unspecified atom stereocenters. The molecule has 132 valence electrons. The van der Waals surface area contributed by atoms with Crippen molar-refractivity contribution >= 4 is 17.6 Å². The van der Waals surface area contributed by atoms with Crippen molar-refractivity contribution in [2.75, 3.05) is 12.0 Å². The molecule has 0 saturated carbocycles. The van der Waals surface area contributed by atoms with Crippen LogP contribution in [0.25, 0.3) is 0 Å². The first kappa shape index (κ1) is 18.1. The third kappa shape index (κ3) is 5.41. The summed E-state index contributed by atoms with van der Waals surface area (Å²) in [6.07, 6.45) is 1.42. The second kappa shape index (κ2) is 8.57. The molecule has 7 nitrogen and oxygen atoms in total. The zero-order valence-electron chi connectivity index (χ0n) is 13.2. The van der Waals surface area contributed by atoms with E-state index in [-0.39, 0.29) is 23.8 Å². The van der Waals surface area contributed by atoms with Gasteiger partial charge in [0.05, 0.1) is 23.4 Å². The summed E-state index contributed by atoms with van der Waals surface area (Å²) in [7, 11) is 0. The fourth-order valence-electron chi connectivity index (χ4n) is 1.94. The molecule has 0 atom stereocenters. The molecule has 25 heavy (non-hydrogen) atoms. The molecule has 0 aliphatic carbocycles. The summed E-state index contributed by atoms with van der Waals surface area (Å²) in [6.45, 7) is -0.947. The number of halogens is 2. The maximum absolute atomic E-state index is 12.4. The zero-order valence-corrected chi connectivity index (χ0v) is 13.2. The third-order valence-electron chi connectivity index (χ3n) is 2.95. The van der Waals surface area contributed by atoms with Crippen LogP contribution in [0.2, 0.25) is 0 Å². The molecule has 0 fully saturated rings. The molecule has 2 rings (SSSR count). The smallest absolute Gasteiger partial charge is 0.387 e. The largest absolute Gasteiger partial charge is 0.490 e. The van der Waals surface area contributed by atoms with E-state index in [0.717, 1.165) is 0 Å². The predicted octanol–water partition coefficient (Wildman–Crippen LogP) is 4.04. The summed E-state index contributed by atoms with van der Waals surface area (Å²) < 4.78 is 34.4. The standard InChI is InChI=1S/C16H15F2N3O4/c1-2-24-15-8-11(6-7-14(15)25-16(17)18)10-19-20-12-4-3-5-13(9-12)21(22)23/h3-10,16,20H,2H2,1H3/b19-10-. The topological polar surface area (TPSA) is 86.0 Å². The molecule has 9 heteroatoms. The number of non-ortho nitro benzene ring substituents is 1. The second-order valence-corrected chi connectivity index (χ2v) is 4.70. The van der Waals surface area contributed by atoms with E-state index in [1.54, 1.807) is 13.0 Å². The Balaban J connectivity index is 2.11. The zero-order chi connectivity index (χ0) is 18.2. The molecular weight excluding hydrogens is 336 g/mol. The first-order chi connectivity index (χ1) is 12.0. The van der Waals surface area contributed by atoms with Gasteiger partial charge in [0, 0.05) is 12.1 Å². The van der Waals surface area contributed by atoms with Crippen molar-refractivity contribution in [1.82, 2.24) is 0 Å². The first-order valence-corrected chi connectivity index (χ1v) is 7.24. The van der Waals surface area contributed by atoms with Gasteiger partial charge in [-0.05, 0) is 36.8 Å². The molecule has 2 aromatic carbocycles. The maximum atomic E-state index is 12.4. The van der Waals surface area contributed by atoms with E-state index >= 15 is 0 Å². The number of nitro benzene ring substituents is 1. The molecule has 0 heterocycles. The van der Waals surface area contributed by atoms with E-state index in [1.807, 2.05) is 0 Å². The van der Waals surface area contributed by atoms with Gasteiger partial charge >= 0.3 is 6.61 Å². The van der Waals surface area contributed by atoms with Crippen LogP contribution in [0.15, 0.2) is 47.6 Å². The van der Waals surface area contributed by atoms with Crippen molar-refractivity contribution in [3.8, 4) is 11.5 Å². The lowest BCUT2D eigenvalue weighted by Gasteiger charge is -2.11. The van der Waals surface area contributed by atoms with Crippen LogP contribution < -0.4 is 14.9 Å². The molecule has 0 amide bonds. The predicted molar refractivity (Wildman–Crippen MR) is 88.6 cm³/mol. The fraction of sp³-hybridized carbons (Fsp3) is 0.188. The monoisotopic (exact) mass is 351 g/mol. The summed E-state index contributed by atoms with van der Waals surface area (Å²) in [6, 6.07) is 10.2. The number of ether oxygens (including phenoxy) is 2. The average Bonchev–Trinajstić information content (AvgIpc) is 2.57. The fourth-order valence-corrected chi connectivity index (χ4v) is 1.94. The molecule has 0 spiro atoms. The Morgan fingerprint density at radius 1 is 1.28 bits per heavy atom. The van der Waals surface area contributed by atoms with Gasteiger partial charge in [0.25, 0.3) is 5.69 Å². The van der Waals surface area contributed by atoms with Crippen LogP contribution in [0.1, 0.15) is 12.5 Å². The van der Waals surface area contributed by atoms with Crippen LogP contribution in [0.4, 0.5) is 20.2 Å². The molecule has 2 aromatic rings. The normalized spacial score (nSPS) is 10.9. The van der Waals surface area contributed by atoms with Gasteiger partial charge in [0.2, 0.25) is 0 Å². The summed E-state index contributed by atoms with van der Waals surface area (Å²) in [5.41, 5.74) is 3.61. The number of alkyl halides is 2. The van der Waals surface area contributed by atoms with Crippen molar-refractivity contribution in [1.29, 1.82) is 0 Å². The van der Waals surface area contributed by atoms with Crippen LogP contribution in [-0.2, 0) is 0 Å². The van der Waals surface area contributed by atoms with Crippen molar-refractivity contribution in [3.63, 3.8) is 0 Å². The van der Waals surface area contributed by atoms with Gasteiger partial charge in [-0.2, -0.15) is 13.9 Å². The number of hydrogen-bond acceptors (Lipinski definition) is 6. The summed E-state index contributed by atoms with van der Waals surface area (Å²) in [5.74, 6) is 0.0998. The first-order valence-electron chi connectivity index (χ1n) is 7.24. The van der Waals surface area contributed by atoms with Crippen molar-refractivity contribution in [2.45, 2.75) is 13.5 Å². The second-order valence-electron chi connectivity index (χ2n) is 4.70. The Bertz CT molecular complexity index is 769. The van der Waals surface area contributed by atoms with Crippen LogP contribution in [0, 0.1) is 10.1 Å². The summed E-state index contributed by atoms with van der Waals surface area (Å²) in [4.78, 5) is 10.2. The third-order valence-corrected chi connectivity index (χ3v) is 2.95. The SMILES string of the molecule is CCOc1cc(/C=N\Nc2cccc([N+](=O)[O-])c2)ccc1OC(F)F. The molecule has 0 radical (unpaired) electrons. The number of rotatable bonds is 8. The van der Waals surface area contributed by atoms with E-state index in [0.29, 0.717) is 11.3 Å². The molecule has 0 aromatic heterocycles. The van der Waals surface area contributed by atoms with E-state index in [2.05, 4.69) is 15.3 Å². The average molecular weight is 351 g/mol.